The quantitative estimate of drug-likeness (QED) is 0.545. The van der Waals surface area contributed by atoms with Crippen molar-refractivity contribution in [2.24, 2.45) is 4.99 Å². The molecule has 0 aromatic carbocycles. The van der Waals surface area contributed by atoms with Gasteiger partial charge in [0.1, 0.15) is 6.34 Å². The van der Waals surface area contributed by atoms with E-state index >= 15 is 0 Å². The summed E-state index contributed by atoms with van der Waals surface area (Å²) >= 11 is 0. The van der Waals surface area contributed by atoms with Crippen molar-refractivity contribution >= 4 is 6.34 Å². The van der Waals surface area contributed by atoms with E-state index in [1.54, 1.807) is 6.34 Å². The standard InChI is InChI=1S/C7H11N2/c1-2-3-4-7-5-8-6-9-7/h5-6H,2-4H2,1H3. The number of hydrogen-bond donors (Lipinski definition) is 0. The third-order valence-corrected chi connectivity index (χ3v) is 1.30. The lowest BCUT2D eigenvalue weighted by Gasteiger charge is -1.91. The molecule has 0 amide bonds. The molecule has 49 valence electrons. The highest BCUT2D eigenvalue weighted by Gasteiger charge is 1.96. The van der Waals surface area contributed by atoms with Gasteiger partial charge >= 0.3 is 0 Å². The molecule has 1 heterocycles. The predicted molar refractivity (Wildman–Crippen MR) is 38.2 cm³/mol. The van der Waals surface area contributed by atoms with Gasteiger partial charge in [0.2, 0.25) is 0 Å². The molecule has 0 spiro atoms. The molecule has 0 fully saturated rings. The average molecular weight is 123 g/mol. The molecule has 1 rings (SSSR count). The molecular formula is C7H11N2. The molecule has 2 heteroatoms. The summed E-state index contributed by atoms with van der Waals surface area (Å²) in [6.07, 6.45) is 6.96. The summed E-state index contributed by atoms with van der Waals surface area (Å²) in [5, 5.41) is 3.86. The van der Waals surface area contributed by atoms with Crippen LogP contribution >= 0.6 is 0 Å². The second-order valence-electron chi connectivity index (χ2n) is 2.12. The van der Waals surface area contributed by atoms with E-state index in [0.29, 0.717) is 0 Å². The number of rotatable bonds is 3. The Hall–Kier alpha value is -0.790. The van der Waals surface area contributed by atoms with Crippen molar-refractivity contribution in [1.82, 2.24) is 5.32 Å². The largest absolute Gasteiger partial charge is 0.243 e. The number of allylic oxidation sites excluding steroid dienone is 1. The normalized spacial score (nSPS) is 15.4. The van der Waals surface area contributed by atoms with Crippen LogP contribution in [-0.4, -0.2) is 6.34 Å². The fourth-order valence-electron chi connectivity index (χ4n) is 0.747. The van der Waals surface area contributed by atoms with Gasteiger partial charge in [-0.3, -0.25) is 0 Å². The van der Waals surface area contributed by atoms with E-state index in [4.69, 9.17) is 0 Å². The van der Waals surface area contributed by atoms with Gasteiger partial charge in [-0.15, -0.1) is 0 Å². The number of aliphatic imine (C=N–C) groups is 1. The molecular weight excluding hydrogens is 112 g/mol. The summed E-state index contributed by atoms with van der Waals surface area (Å²) in [7, 11) is 0. The average Bonchev–Trinajstić information content (AvgIpc) is 2.34. The molecule has 0 aromatic heterocycles. The highest BCUT2D eigenvalue weighted by Crippen LogP contribution is 2.09. The molecule has 0 bridgehead atoms. The molecule has 2 nitrogen and oxygen atoms in total. The first-order valence-electron chi connectivity index (χ1n) is 3.35. The Balaban J connectivity index is 2.19. The minimum Gasteiger partial charge on any atom is -0.243 e. The van der Waals surface area contributed by atoms with Crippen molar-refractivity contribution in [2.45, 2.75) is 26.2 Å². The second kappa shape index (κ2) is 3.28. The van der Waals surface area contributed by atoms with Crippen molar-refractivity contribution in [3.8, 4) is 0 Å². The Labute approximate surface area is 55.7 Å². The van der Waals surface area contributed by atoms with Crippen molar-refractivity contribution in [3.05, 3.63) is 11.9 Å². The molecule has 0 unspecified atom stereocenters. The van der Waals surface area contributed by atoms with Crippen molar-refractivity contribution in [3.63, 3.8) is 0 Å². The Morgan fingerprint density at radius 3 is 3.00 bits per heavy atom. The van der Waals surface area contributed by atoms with Gasteiger partial charge in [-0.2, -0.15) is 0 Å². The predicted octanol–water partition coefficient (Wildman–Crippen LogP) is 1.66. The third-order valence-electron chi connectivity index (χ3n) is 1.30. The van der Waals surface area contributed by atoms with Crippen molar-refractivity contribution in [1.29, 1.82) is 0 Å². The SMILES string of the molecule is CCCCC1=C[N]C=N1. The first kappa shape index (κ1) is 6.33. The van der Waals surface area contributed by atoms with Crippen LogP contribution in [0.3, 0.4) is 0 Å². The van der Waals surface area contributed by atoms with Crippen molar-refractivity contribution < 1.29 is 0 Å². The summed E-state index contributed by atoms with van der Waals surface area (Å²) in [5.74, 6) is 0. The van der Waals surface area contributed by atoms with E-state index in [2.05, 4.69) is 17.2 Å². The van der Waals surface area contributed by atoms with Gasteiger partial charge in [0.05, 0.1) is 11.9 Å². The van der Waals surface area contributed by atoms with Gasteiger partial charge < -0.3 is 0 Å². The van der Waals surface area contributed by atoms with E-state index in [9.17, 15) is 0 Å². The zero-order valence-corrected chi connectivity index (χ0v) is 5.67. The van der Waals surface area contributed by atoms with Gasteiger partial charge in [-0.25, -0.2) is 10.3 Å². The Bertz CT molecular complexity index is 136. The summed E-state index contributed by atoms with van der Waals surface area (Å²) in [6, 6.07) is 0. The van der Waals surface area contributed by atoms with Crippen LogP contribution in [0.5, 0.6) is 0 Å². The van der Waals surface area contributed by atoms with Gasteiger partial charge in [-0.05, 0) is 12.8 Å². The minimum absolute atomic E-state index is 1.08. The molecule has 0 saturated carbocycles. The number of hydrogen-bond acceptors (Lipinski definition) is 1. The maximum Gasteiger partial charge on any atom is 0.115 e. The lowest BCUT2D eigenvalue weighted by Crippen LogP contribution is -1.80. The minimum atomic E-state index is 1.08. The van der Waals surface area contributed by atoms with Gasteiger partial charge in [-0.1, -0.05) is 13.3 Å². The maximum atomic E-state index is 4.04. The third kappa shape index (κ3) is 1.88. The summed E-state index contributed by atoms with van der Waals surface area (Å²) in [4.78, 5) is 4.04. The van der Waals surface area contributed by atoms with Crippen LogP contribution in [0.2, 0.25) is 0 Å². The molecule has 0 N–H and O–H groups in total. The Kier molecular flexibility index (Phi) is 2.31. The Morgan fingerprint density at radius 2 is 2.44 bits per heavy atom. The first-order valence-corrected chi connectivity index (χ1v) is 3.35. The van der Waals surface area contributed by atoms with Crippen molar-refractivity contribution in [2.75, 3.05) is 0 Å². The molecule has 0 atom stereocenters. The van der Waals surface area contributed by atoms with Gasteiger partial charge in [0.25, 0.3) is 0 Å². The smallest absolute Gasteiger partial charge is 0.115 e. The molecule has 0 aromatic rings. The summed E-state index contributed by atoms with van der Waals surface area (Å²) in [6.45, 7) is 2.18. The van der Waals surface area contributed by atoms with Crippen LogP contribution in [-0.2, 0) is 0 Å². The van der Waals surface area contributed by atoms with Crippen LogP contribution in [0.25, 0.3) is 0 Å². The maximum absolute atomic E-state index is 4.04. The molecule has 1 radical (unpaired) electrons. The monoisotopic (exact) mass is 123 g/mol. The Morgan fingerprint density at radius 1 is 1.56 bits per heavy atom. The zero-order chi connectivity index (χ0) is 6.53. The number of nitrogens with zero attached hydrogens (tertiary/aromatic N) is 2. The lowest BCUT2D eigenvalue weighted by molar-refractivity contribution is 0.783. The first-order chi connectivity index (χ1) is 4.43. The second-order valence-corrected chi connectivity index (χ2v) is 2.12. The van der Waals surface area contributed by atoms with E-state index in [1.807, 2.05) is 6.20 Å². The molecule has 9 heavy (non-hydrogen) atoms. The van der Waals surface area contributed by atoms with E-state index in [-0.39, 0.29) is 0 Å². The molecule has 1 aliphatic heterocycles. The van der Waals surface area contributed by atoms with E-state index in [0.717, 1.165) is 12.1 Å². The molecule has 0 aliphatic carbocycles. The number of unbranched alkanes of at least 4 members (excludes halogenated alkanes) is 1. The summed E-state index contributed by atoms with van der Waals surface area (Å²) in [5.41, 5.74) is 1.12. The lowest BCUT2D eigenvalue weighted by atomic mass is 10.2. The van der Waals surface area contributed by atoms with Crippen LogP contribution in [0.1, 0.15) is 26.2 Å². The molecule has 1 aliphatic rings. The van der Waals surface area contributed by atoms with Crippen LogP contribution in [0, 0.1) is 0 Å². The fourth-order valence-corrected chi connectivity index (χ4v) is 0.747. The van der Waals surface area contributed by atoms with E-state index < -0.39 is 0 Å². The zero-order valence-electron chi connectivity index (χ0n) is 5.67. The van der Waals surface area contributed by atoms with Crippen LogP contribution in [0.4, 0.5) is 0 Å². The van der Waals surface area contributed by atoms with Gasteiger partial charge in [0.15, 0.2) is 0 Å². The van der Waals surface area contributed by atoms with Crippen LogP contribution in [0.15, 0.2) is 16.9 Å². The highest BCUT2D eigenvalue weighted by atomic mass is 15.0. The fraction of sp³-hybridized carbons (Fsp3) is 0.571. The van der Waals surface area contributed by atoms with Gasteiger partial charge in [0, 0.05) is 0 Å². The highest BCUT2D eigenvalue weighted by molar-refractivity contribution is 5.60. The summed E-state index contributed by atoms with van der Waals surface area (Å²) < 4.78 is 0. The topological polar surface area (TPSA) is 26.5 Å². The molecule has 0 saturated heterocycles. The van der Waals surface area contributed by atoms with Crippen LogP contribution < -0.4 is 5.32 Å². The van der Waals surface area contributed by atoms with E-state index in [1.165, 1.54) is 12.8 Å².